The van der Waals surface area contributed by atoms with Crippen molar-refractivity contribution in [2.75, 3.05) is 0 Å². The number of rotatable bonds is 5. The van der Waals surface area contributed by atoms with Crippen LogP contribution >= 0.6 is 15.9 Å². The molecule has 2 aromatic carbocycles. The van der Waals surface area contributed by atoms with Crippen molar-refractivity contribution in [1.82, 2.24) is 0 Å². The molecule has 0 spiro atoms. The van der Waals surface area contributed by atoms with Crippen LogP contribution < -0.4 is 5.46 Å². The Kier molecular flexibility index (Phi) is 8.20. The second-order valence-electron chi connectivity index (χ2n) is 8.71. The van der Waals surface area contributed by atoms with E-state index in [1.54, 1.807) is 13.8 Å². The number of benzene rings is 2. The molecule has 2 aromatic rings. The van der Waals surface area contributed by atoms with Gasteiger partial charge in [0.05, 0.1) is 11.2 Å². The Labute approximate surface area is 188 Å². The van der Waals surface area contributed by atoms with Crippen LogP contribution in [0.15, 0.2) is 53.0 Å². The third kappa shape index (κ3) is 6.90. The lowest BCUT2D eigenvalue weighted by molar-refractivity contribution is -0.117. The molecular formula is C24H30BBrO4. The molecule has 0 unspecified atom stereocenters. The van der Waals surface area contributed by atoms with Gasteiger partial charge >= 0.3 is 7.12 Å². The van der Waals surface area contributed by atoms with Gasteiger partial charge in [-0.25, -0.2) is 0 Å². The summed E-state index contributed by atoms with van der Waals surface area (Å²) in [7, 11) is -0.337. The summed E-state index contributed by atoms with van der Waals surface area (Å²) in [5.74, 6) is 0.371. The van der Waals surface area contributed by atoms with Crippen molar-refractivity contribution in [3.05, 3.63) is 64.1 Å². The van der Waals surface area contributed by atoms with Gasteiger partial charge in [-0.15, -0.1) is 0 Å². The molecule has 0 bridgehead atoms. The molecule has 1 saturated heterocycles. The first-order valence-electron chi connectivity index (χ1n) is 10.1. The summed E-state index contributed by atoms with van der Waals surface area (Å²) >= 11 is 3.33. The number of carbonyl (C=O) groups excluding carboxylic acids is 2. The predicted octanol–water partition coefficient (Wildman–Crippen LogP) is 4.70. The van der Waals surface area contributed by atoms with E-state index >= 15 is 0 Å². The standard InChI is InChI=1S/C15H21BO3.C9H9BrO/c1-11(17)10-12-6-8-13(9-7-12)16-18-14(2,3)15(4,5)19-16;1-7(11)6-8-2-4-9(10)5-3-8/h6-9H,10H2,1-5H3;2-5H,6H2,1H3. The lowest BCUT2D eigenvalue weighted by Crippen LogP contribution is -2.41. The van der Waals surface area contributed by atoms with Crippen LogP contribution in [0, 0.1) is 0 Å². The summed E-state index contributed by atoms with van der Waals surface area (Å²) in [5, 5.41) is 0. The van der Waals surface area contributed by atoms with Crippen molar-refractivity contribution in [3.63, 3.8) is 0 Å². The minimum Gasteiger partial charge on any atom is -0.399 e. The minimum atomic E-state index is -0.337. The van der Waals surface area contributed by atoms with Gasteiger partial charge in [-0.1, -0.05) is 52.3 Å². The molecule has 1 fully saturated rings. The normalized spacial score (nSPS) is 16.6. The second kappa shape index (κ2) is 10.0. The van der Waals surface area contributed by atoms with E-state index in [0.717, 1.165) is 21.1 Å². The lowest BCUT2D eigenvalue weighted by atomic mass is 9.78. The minimum absolute atomic E-state index is 0.170. The summed E-state index contributed by atoms with van der Waals surface area (Å²) in [4.78, 5) is 21.8. The Morgan fingerprint density at radius 1 is 0.767 bits per heavy atom. The van der Waals surface area contributed by atoms with Gasteiger partial charge in [-0.3, -0.25) is 9.59 Å². The van der Waals surface area contributed by atoms with E-state index in [1.807, 2.05) is 76.2 Å². The lowest BCUT2D eigenvalue weighted by Gasteiger charge is -2.32. The molecule has 0 radical (unpaired) electrons. The number of halogens is 1. The molecule has 1 aliphatic heterocycles. The van der Waals surface area contributed by atoms with Crippen LogP contribution in [0.4, 0.5) is 0 Å². The van der Waals surface area contributed by atoms with Crippen molar-refractivity contribution < 1.29 is 18.9 Å². The Hall–Kier alpha value is -1.76. The highest BCUT2D eigenvalue weighted by atomic mass is 79.9. The van der Waals surface area contributed by atoms with Crippen LogP contribution in [0.5, 0.6) is 0 Å². The number of carbonyl (C=O) groups is 2. The number of hydrogen-bond donors (Lipinski definition) is 0. The highest BCUT2D eigenvalue weighted by Gasteiger charge is 2.51. The smallest absolute Gasteiger partial charge is 0.399 e. The van der Waals surface area contributed by atoms with Gasteiger partial charge in [-0.2, -0.15) is 0 Å². The summed E-state index contributed by atoms with van der Waals surface area (Å²) in [6.45, 7) is 11.4. The predicted molar refractivity (Wildman–Crippen MR) is 125 cm³/mol. The van der Waals surface area contributed by atoms with Gasteiger partial charge in [-0.05, 0) is 70.3 Å². The Morgan fingerprint density at radius 2 is 1.13 bits per heavy atom. The average molecular weight is 473 g/mol. The zero-order valence-electron chi connectivity index (χ0n) is 18.6. The number of hydrogen-bond acceptors (Lipinski definition) is 4. The van der Waals surface area contributed by atoms with E-state index in [0.29, 0.717) is 12.8 Å². The quantitative estimate of drug-likeness (QED) is 0.592. The molecule has 4 nitrogen and oxygen atoms in total. The Morgan fingerprint density at radius 3 is 1.50 bits per heavy atom. The van der Waals surface area contributed by atoms with Gasteiger partial charge in [0.1, 0.15) is 11.6 Å². The second-order valence-corrected chi connectivity index (χ2v) is 9.63. The summed E-state index contributed by atoms with van der Waals surface area (Å²) in [5.41, 5.74) is 2.44. The third-order valence-electron chi connectivity index (χ3n) is 5.32. The first-order chi connectivity index (χ1) is 13.9. The fourth-order valence-corrected chi connectivity index (χ4v) is 3.21. The largest absolute Gasteiger partial charge is 0.494 e. The molecule has 0 saturated carbocycles. The van der Waals surface area contributed by atoms with Crippen molar-refractivity contribution in [2.24, 2.45) is 0 Å². The van der Waals surface area contributed by atoms with Gasteiger partial charge in [0, 0.05) is 17.3 Å². The fraction of sp³-hybridized carbons (Fsp3) is 0.417. The van der Waals surface area contributed by atoms with Crippen molar-refractivity contribution >= 4 is 40.1 Å². The van der Waals surface area contributed by atoms with Gasteiger partial charge in [0.25, 0.3) is 0 Å². The molecule has 3 rings (SSSR count). The van der Waals surface area contributed by atoms with Crippen LogP contribution in [-0.4, -0.2) is 29.9 Å². The fourth-order valence-electron chi connectivity index (χ4n) is 2.95. The summed E-state index contributed by atoms with van der Waals surface area (Å²) in [6.07, 6.45) is 1.01. The van der Waals surface area contributed by atoms with Crippen LogP contribution in [-0.2, 0) is 31.7 Å². The van der Waals surface area contributed by atoms with Crippen molar-refractivity contribution in [2.45, 2.75) is 65.6 Å². The van der Waals surface area contributed by atoms with Gasteiger partial charge in [0.2, 0.25) is 0 Å². The number of ketones is 2. The number of Topliss-reactive ketones (excluding diaryl/α,β-unsaturated/α-hetero) is 2. The van der Waals surface area contributed by atoms with Gasteiger partial charge < -0.3 is 9.31 Å². The molecule has 30 heavy (non-hydrogen) atoms. The molecule has 0 aliphatic carbocycles. The van der Waals surface area contributed by atoms with Crippen molar-refractivity contribution in [1.29, 1.82) is 0 Å². The zero-order chi connectivity index (χ0) is 22.5. The molecule has 0 aromatic heterocycles. The Balaban J connectivity index is 0.000000248. The van der Waals surface area contributed by atoms with E-state index in [2.05, 4.69) is 15.9 Å². The van der Waals surface area contributed by atoms with E-state index in [-0.39, 0.29) is 29.9 Å². The maximum Gasteiger partial charge on any atom is 0.494 e. The zero-order valence-corrected chi connectivity index (χ0v) is 20.2. The molecular weight excluding hydrogens is 443 g/mol. The van der Waals surface area contributed by atoms with Crippen LogP contribution in [0.3, 0.4) is 0 Å². The first kappa shape index (κ1) is 24.5. The van der Waals surface area contributed by atoms with Gasteiger partial charge in [0.15, 0.2) is 0 Å². The van der Waals surface area contributed by atoms with Crippen LogP contribution in [0.25, 0.3) is 0 Å². The molecule has 0 atom stereocenters. The van der Waals surface area contributed by atoms with Crippen LogP contribution in [0.1, 0.15) is 52.7 Å². The van der Waals surface area contributed by atoms with E-state index < -0.39 is 0 Å². The van der Waals surface area contributed by atoms with E-state index in [4.69, 9.17) is 9.31 Å². The SMILES string of the molecule is CC(=O)Cc1ccc(B2OC(C)(C)C(C)(C)O2)cc1.CC(=O)Cc1ccc(Br)cc1. The highest BCUT2D eigenvalue weighted by Crippen LogP contribution is 2.36. The monoisotopic (exact) mass is 472 g/mol. The molecule has 1 heterocycles. The molecule has 6 heteroatoms. The van der Waals surface area contributed by atoms with Crippen molar-refractivity contribution in [3.8, 4) is 0 Å². The topological polar surface area (TPSA) is 52.6 Å². The van der Waals surface area contributed by atoms with E-state index in [9.17, 15) is 9.59 Å². The first-order valence-corrected chi connectivity index (χ1v) is 10.9. The summed E-state index contributed by atoms with van der Waals surface area (Å²) in [6, 6.07) is 15.7. The maximum atomic E-state index is 11.1. The molecule has 1 aliphatic rings. The Bertz CT molecular complexity index is 857. The van der Waals surface area contributed by atoms with Crippen LogP contribution in [0.2, 0.25) is 0 Å². The maximum absolute atomic E-state index is 11.1. The summed E-state index contributed by atoms with van der Waals surface area (Å²) < 4.78 is 13.0. The molecule has 0 amide bonds. The average Bonchev–Trinajstić information content (AvgIpc) is 2.85. The molecule has 0 N–H and O–H groups in total. The molecule has 160 valence electrons. The van der Waals surface area contributed by atoms with E-state index in [1.165, 1.54) is 0 Å². The third-order valence-corrected chi connectivity index (χ3v) is 5.85. The highest BCUT2D eigenvalue weighted by molar-refractivity contribution is 9.10.